The SMILES string of the molecule is CN(CCO)C(=O)OCCN(C(=O)C=Cc1n[nH]c2ccccc12)c1ccccc1. The van der Waals surface area contributed by atoms with E-state index in [4.69, 9.17) is 9.84 Å². The number of carbonyl (C=O) groups is 2. The lowest BCUT2D eigenvalue weighted by Crippen LogP contribution is -2.36. The van der Waals surface area contributed by atoms with Crippen LogP contribution in [0.4, 0.5) is 10.5 Å². The van der Waals surface area contributed by atoms with Gasteiger partial charge in [-0.05, 0) is 24.3 Å². The van der Waals surface area contributed by atoms with Crippen molar-refractivity contribution in [3.05, 3.63) is 66.4 Å². The van der Waals surface area contributed by atoms with Crippen molar-refractivity contribution in [1.29, 1.82) is 0 Å². The van der Waals surface area contributed by atoms with Gasteiger partial charge in [0.2, 0.25) is 0 Å². The first-order valence-corrected chi connectivity index (χ1v) is 9.56. The Hall–Kier alpha value is -3.65. The first-order chi connectivity index (χ1) is 14.6. The summed E-state index contributed by atoms with van der Waals surface area (Å²) in [6.45, 7) is 0.245. The summed E-state index contributed by atoms with van der Waals surface area (Å²) in [6.07, 6.45) is 2.57. The van der Waals surface area contributed by atoms with Gasteiger partial charge in [0.25, 0.3) is 5.91 Å². The van der Waals surface area contributed by atoms with Gasteiger partial charge in [-0.25, -0.2) is 4.79 Å². The lowest BCUT2D eigenvalue weighted by Gasteiger charge is -2.22. The van der Waals surface area contributed by atoms with Crippen molar-refractivity contribution in [2.24, 2.45) is 0 Å². The van der Waals surface area contributed by atoms with Gasteiger partial charge in [-0.3, -0.25) is 9.89 Å². The Morgan fingerprint density at radius 3 is 2.60 bits per heavy atom. The number of benzene rings is 2. The van der Waals surface area contributed by atoms with Crippen LogP contribution in [0.15, 0.2) is 60.7 Å². The maximum atomic E-state index is 12.9. The molecule has 8 nitrogen and oxygen atoms in total. The minimum atomic E-state index is -0.553. The van der Waals surface area contributed by atoms with Gasteiger partial charge in [-0.15, -0.1) is 0 Å². The highest BCUT2D eigenvalue weighted by atomic mass is 16.6. The van der Waals surface area contributed by atoms with E-state index < -0.39 is 6.09 Å². The molecule has 0 saturated carbocycles. The van der Waals surface area contributed by atoms with E-state index in [2.05, 4.69) is 10.2 Å². The highest BCUT2D eigenvalue weighted by Gasteiger charge is 2.15. The number of amides is 2. The largest absolute Gasteiger partial charge is 0.448 e. The summed E-state index contributed by atoms with van der Waals surface area (Å²) in [6, 6.07) is 16.8. The van der Waals surface area contributed by atoms with Crippen LogP contribution in [0.5, 0.6) is 0 Å². The number of ether oxygens (including phenoxy) is 1. The molecule has 3 aromatic rings. The van der Waals surface area contributed by atoms with E-state index in [1.54, 1.807) is 6.08 Å². The molecule has 30 heavy (non-hydrogen) atoms. The first kappa shape index (κ1) is 21.1. The third-order valence-corrected chi connectivity index (χ3v) is 4.51. The van der Waals surface area contributed by atoms with E-state index >= 15 is 0 Å². The van der Waals surface area contributed by atoms with E-state index in [9.17, 15) is 9.59 Å². The molecule has 1 aromatic heterocycles. The molecular formula is C22H24N4O4. The zero-order chi connectivity index (χ0) is 21.3. The highest BCUT2D eigenvalue weighted by Crippen LogP contribution is 2.18. The lowest BCUT2D eigenvalue weighted by atomic mass is 10.2. The van der Waals surface area contributed by atoms with Crippen LogP contribution in [-0.2, 0) is 9.53 Å². The summed E-state index contributed by atoms with van der Waals surface area (Å²) in [5.41, 5.74) is 2.26. The van der Waals surface area contributed by atoms with Crippen LogP contribution in [0.1, 0.15) is 5.69 Å². The Bertz CT molecular complexity index is 1020. The van der Waals surface area contributed by atoms with Gasteiger partial charge < -0.3 is 19.6 Å². The second-order valence-corrected chi connectivity index (χ2v) is 6.57. The third-order valence-electron chi connectivity index (χ3n) is 4.51. The van der Waals surface area contributed by atoms with E-state index in [0.717, 1.165) is 10.9 Å². The number of likely N-dealkylation sites (N-methyl/N-ethyl adjacent to an activating group) is 1. The van der Waals surface area contributed by atoms with Crippen molar-refractivity contribution < 1.29 is 19.4 Å². The molecule has 0 unspecified atom stereocenters. The molecule has 156 valence electrons. The fraction of sp³-hybridized carbons (Fsp3) is 0.227. The van der Waals surface area contributed by atoms with Crippen LogP contribution in [-0.4, -0.2) is 65.6 Å². The number of aromatic nitrogens is 2. The quantitative estimate of drug-likeness (QED) is 0.559. The molecule has 0 spiro atoms. The summed E-state index contributed by atoms with van der Waals surface area (Å²) < 4.78 is 5.21. The Labute approximate surface area is 174 Å². The number of fused-ring (bicyclic) bond motifs is 1. The van der Waals surface area contributed by atoms with E-state index in [0.29, 0.717) is 11.4 Å². The number of aliphatic hydroxyl groups is 1. The fourth-order valence-electron chi connectivity index (χ4n) is 2.90. The number of rotatable bonds is 8. The van der Waals surface area contributed by atoms with Crippen molar-refractivity contribution in [2.45, 2.75) is 0 Å². The average Bonchev–Trinajstić information content (AvgIpc) is 3.19. The minimum Gasteiger partial charge on any atom is -0.448 e. The predicted octanol–water partition coefficient (Wildman–Crippen LogP) is 2.67. The Kier molecular flexibility index (Phi) is 7.18. The summed E-state index contributed by atoms with van der Waals surface area (Å²) in [5, 5.41) is 17.0. The van der Waals surface area contributed by atoms with Crippen molar-refractivity contribution in [2.75, 3.05) is 38.3 Å². The second-order valence-electron chi connectivity index (χ2n) is 6.57. The minimum absolute atomic E-state index is 0.0222. The van der Waals surface area contributed by atoms with Crippen LogP contribution in [0.2, 0.25) is 0 Å². The maximum Gasteiger partial charge on any atom is 0.409 e. The molecule has 2 aromatic carbocycles. The number of carbonyl (C=O) groups excluding carboxylic acids is 2. The van der Waals surface area contributed by atoms with Gasteiger partial charge in [-0.1, -0.05) is 36.4 Å². The van der Waals surface area contributed by atoms with Crippen LogP contribution in [0, 0.1) is 0 Å². The summed E-state index contributed by atoms with van der Waals surface area (Å²) >= 11 is 0. The van der Waals surface area contributed by atoms with Gasteiger partial charge in [0.1, 0.15) is 6.61 Å². The average molecular weight is 408 g/mol. The smallest absolute Gasteiger partial charge is 0.409 e. The van der Waals surface area contributed by atoms with Crippen molar-refractivity contribution >= 4 is 34.7 Å². The molecule has 0 bridgehead atoms. The van der Waals surface area contributed by atoms with Gasteiger partial charge in [0.15, 0.2) is 0 Å². The van der Waals surface area contributed by atoms with Crippen molar-refractivity contribution in [1.82, 2.24) is 15.1 Å². The predicted molar refractivity (Wildman–Crippen MR) is 115 cm³/mol. The number of para-hydroxylation sites is 2. The monoisotopic (exact) mass is 408 g/mol. The lowest BCUT2D eigenvalue weighted by molar-refractivity contribution is -0.114. The number of H-pyrrole nitrogens is 1. The molecule has 0 aliphatic heterocycles. The van der Waals surface area contributed by atoms with Crippen molar-refractivity contribution in [3.63, 3.8) is 0 Å². The molecule has 3 rings (SSSR count). The summed E-state index contributed by atoms with van der Waals surface area (Å²) in [5.74, 6) is -0.256. The number of nitrogens with zero attached hydrogens (tertiary/aromatic N) is 3. The number of nitrogens with one attached hydrogen (secondary N) is 1. The van der Waals surface area contributed by atoms with E-state index in [1.165, 1.54) is 22.9 Å². The molecular weight excluding hydrogens is 384 g/mol. The molecule has 0 radical (unpaired) electrons. The Balaban J connectivity index is 1.70. The summed E-state index contributed by atoms with van der Waals surface area (Å²) in [4.78, 5) is 27.6. The van der Waals surface area contributed by atoms with Crippen LogP contribution >= 0.6 is 0 Å². The fourth-order valence-corrected chi connectivity index (χ4v) is 2.90. The first-order valence-electron chi connectivity index (χ1n) is 9.56. The number of aliphatic hydroxyl groups excluding tert-OH is 1. The summed E-state index contributed by atoms with van der Waals surface area (Å²) in [7, 11) is 1.54. The molecule has 0 fully saturated rings. The molecule has 0 saturated heterocycles. The van der Waals surface area contributed by atoms with Gasteiger partial charge in [0.05, 0.1) is 24.4 Å². The Morgan fingerprint density at radius 2 is 1.83 bits per heavy atom. The standard InChI is InChI=1S/C22H24N4O4/c1-25(13-15-27)22(29)30-16-14-26(17-7-3-2-4-8-17)21(28)12-11-20-18-9-5-6-10-19(18)23-24-20/h2-12,27H,13-16H2,1H3,(H,23,24). The number of aromatic amines is 1. The van der Waals surface area contributed by atoms with Gasteiger partial charge >= 0.3 is 6.09 Å². The van der Waals surface area contributed by atoms with E-state index in [-0.39, 0.29) is 32.2 Å². The molecule has 0 aliphatic carbocycles. The van der Waals surface area contributed by atoms with Crippen LogP contribution < -0.4 is 4.90 Å². The molecule has 2 N–H and O–H groups in total. The van der Waals surface area contributed by atoms with Gasteiger partial charge in [0, 0.05) is 30.7 Å². The van der Waals surface area contributed by atoms with Crippen LogP contribution in [0.3, 0.4) is 0 Å². The third kappa shape index (κ3) is 5.24. The second kappa shape index (κ2) is 10.2. The number of hydrogen-bond donors (Lipinski definition) is 2. The molecule has 1 heterocycles. The number of anilines is 1. The molecule has 0 aliphatic rings. The van der Waals surface area contributed by atoms with Crippen LogP contribution in [0.25, 0.3) is 17.0 Å². The zero-order valence-corrected chi connectivity index (χ0v) is 16.7. The molecule has 8 heteroatoms. The van der Waals surface area contributed by atoms with E-state index in [1.807, 2.05) is 54.6 Å². The van der Waals surface area contributed by atoms with Crippen molar-refractivity contribution in [3.8, 4) is 0 Å². The maximum absolute atomic E-state index is 12.9. The Morgan fingerprint density at radius 1 is 1.10 bits per heavy atom. The van der Waals surface area contributed by atoms with Gasteiger partial charge in [-0.2, -0.15) is 5.10 Å². The normalized spacial score (nSPS) is 11.0. The topological polar surface area (TPSA) is 98.8 Å². The zero-order valence-electron chi connectivity index (χ0n) is 16.7. The number of hydrogen-bond acceptors (Lipinski definition) is 5. The molecule has 2 amide bonds. The highest BCUT2D eigenvalue weighted by molar-refractivity contribution is 6.04. The molecule has 0 atom stereocenters.